The predicted molar refractivity (Wildman–Crippen MR) is 124 cm³/mol. The van der Waals surface area contributed by atoms with Gasteiger partial charge in [0.25, 0.3) is 0 Å². The second kappa shape index (κ2) is 7.04. The number of cyclic esters (lactones) is 1. The first-order valence-corrected chi connectivity index (χ1v) is 13.1. The van der Waals surface area contributed by atoms with E-state index in [4.69, 9.17) is 9.47 Å². The van der Waals surface area contributed by atoms with Crippen LogP contribution in [0.2, 0.25) is 0 Å². The maximum absolute atomic E-state index is 13.3. The highest BCUT2D eigenvalue weighted by atomic mass is 16.6. The zero-order valence-corrected chi connectivity index (χ0v) is 20.9. The molecule has 34 heavy (non-hydrogen) atoms. The highest BCUT2D eigenvalue weighted by Crippen LogP contribution is 2.73. The van der Waals surface area contributed by atoms with Gasteiger partial charge in [-0.15, -0.1) is 0 Å². The van der Waals surface area contributed by atoms with Crippen molar-refractivity contribution in [2.75, 3.05) is 0 Å². The van der Waals surface area contributed by atoms with Crippen molar-refractivity contribution in [1.29, 1.82) is 0 Å². The van der Waals surface area contributed by atoms with Crippen molar-refractivity contribution in [2.45, 2.75) is 96.7 Å². The molecule has 0 aromatic heterocycles. The number of hydrogen-bond donors (Lipinski definition) is 2. The van der Waals surface area contributed by atoms with Gasteiger partial charge in [0.1, 0.15) is 17.8 Å². The molecule has 6 nitrogen and oxygen atoms in total. The van der Waals surface area contributed by atoms with Crippen molar-refractivity contribution >= 4 is 11.8 Å². The van der Waals surface area contributed by atoms with E-state index in [2.05, 4.69) is 13.8 Å². The molecule has 2 heterocycles. The molecule has 12 atom stereocenters. The summed E-state index contributed by atoms with van der Waals surface area (Å²) in [6.45, 7) is 10.3. The zero-order valence-electron chi connectivity index (χ0n) is 20.9. The number of aliphatic hydroxyl groups is 2. The van der Waals surface area contributed by atoms with Crippen LogP contribution in [0.3, 0.4) is 0 Å². The summed E-state index contributed by atoms with van der Waals surface area (Å²) >= 11 is 0. The predicted octanol–water partition coefficient (Wildman–Crippen LogP) is 3.35. The summed E-state index contributed by atoms with van der Waals surface area (Å²) in [5, 5.41) is 22.3. The van der Waals surface area contributed by atoms with E-state index in [0.717, 1.165) is 31.3 Å². The SMILES string of the molecule is CC1=C(C)C(=O)O[C@@H]([C@@H](C)[C@H]2[C@H](O)C[C@H]3[C@@H]4C[C@H]5O[C@]56[C@@H](O)C=CC(=O)[C@]6(C)[C@H]4CC[C@]23C)C1. The van der Waals surface area contributed by atoms with Crippen molar-refractivity contribution in [3.8, 4) is 0 Å². The molecule has 0 amide bonds. The van der Waals surface area contributed by atoms with Gasteiger partial charge in [0, 0.05) is 12.0 Å². The van der Waals surface area contributed by atoms with Crippen LogP contribution in [0.25, 0.3) is 0 Å². The van der Waals surface area contributed by atoms with Gasteiger partial charge in [-0.1, -0.05) is 19.4 Å². The van der Waals surface area contributed by atoms with E-state index >= 15 is 0 Å². The Labute approximate surface area is 201 Å². The lowest BCUT2D eigenvalue weighted by molar-refractivity contribution is -0.156. The van der Waals surface area contributed by atoms with Crippen molar-refractivity contribution in [1.82, 2.24) is 0 Å². The summed E-state index contributed by atoms with van der Waals surface area (Å²) < 4.78 is 12.1. The van der Waals surface area contributed by atoms with E-state index < -0.39 is 23.2 Å². The van der Waals surface area contributed by atoms with Gasteiger partial charge < -0.3 is 19.7 Å². The molecule has 0 aromatic rings. The van der Waals surface area contributed by atoms with Crippen LogP contribution < -0.4 is 0 Å². The minimum atomic E-state index is -0.768. The average molecular weight is 471 g/mol. The molecule has 0 unspecified atom stereocenters. The average Bonchev–Trinajstić information content (AvgIpc) is 3.45. The number of aliphatic hydroxyl groups excluding tert-OH is 2. The lowest BCUT2D eigenvalue weighted by Gasteiger charge is -2.58. The number of ether oxygens (including phenoxy) is 2. The second-order valence-corrected chi connectivity index (χ2v) is 12.7. The lowest BCUT2D eigenvalue weighted by Crippen LogP contribution is -2.63. The third kappa shape index (κ3) is 2.58. The van der Waals surface area contributed by atoms with Gasteiger partial charge in [0.05, 0.1) is 17.6 Å². The van der Waals surface area contributed by atoms with Crippen LogP contribution in [0.5, 0.6) is 0 Å². The van der Waals surface area contributed by atoms with E-state index in [1.54, 1.807) is 12.2 Å². The topological polar surface area (TPSA) is 96.4 Å². The Hall–Kier alpha value is -1.50. The van der Waals surface area contributed by atoms with Gasteiger partial charge in [-0.3, -0.25) is 4.79 Å². The fourth-order valence-electron chi connectivity index (χ4n) is 9.61. The standard InChI is InChI=1S/C28H38O6/c1-13-10-20(33-25(32)14(13)2)15(3)24-19(29)12-18-16-11-23-28(34-23)22(31)7-6-21(30)27(28,5)17(16)8-9-26(18,24)4/h6-7,15-20,22-24,29,31H,8-12H2,1-5H3/t15-,16-,17+,18+,19-,20-,22+,23-,24+,26+,27+,28-/m1/s1. The molecule has 0 bridgehead atoms. The third-order valence-electron chi connectivity index (χ3n) is 11.6. The third-order valence-corrected chi connectivity index (χ3v) is 11.6. The number of rotatable bonds is 2. The molecule has 0 aromatic carbocycles. The molecule has 4 aliphatic carbocycles. The quantitative estimate of drug-likeness (QED) is 0.475. The summed E-state index contributed by atoms with van der Waals surface area (Å²) in [7, 11) is 0. The summed E-state index contributed by atoms with van der Waals surface area (Å²) in [4.78, 5) is 25.7. The van der Waals surface area contributed by atoms with Crippen LogP contribution in [0.15, 0.2) is 23.3 Å². The number of allylic oxidation sites excluding steroid dienone is 1. The van der Waals surface area contributed by atoms with Crippen LogP contribution in [0.1, 0.15) is 66.7 Å². The van der Waals surface area contributed by atoms with Gasteiger partial charge in [-0.25, -0.2) is 4.79 Å². The Kier molecular flexibility index (Phi) is 4.75. The van der Waals surface area contributed by atoms with Crippen molar-refractivity contribution in [3.05, 3.63) is 23.3 Å². The van der Waals surface area contributed by atoms with Crippen LogP contribution in [-0.4, -0.2) is 52.0 Å². The zero-order chi connectivity index (χ0) is 24.4. The highest BCUT2D eigenvalue weighted by molar-refractivity contribution is 5.98. The number of esters is 1. The molecular formula is C28H38O6. The molecule has 1 spiro atoms. The van der Waals surface area contributed by atoms with Crippen molar-refractivity contribution in [2.24, 2.45) is 40.4 Å². The Morgan fingerprint density at radius 3 is 2.56 bits per heavy atom. The molecular weight excluding hydrogens is 432 g/mol. The molecule has 3 saturated carbocycles. The smallest absolute Gasteiger partial charge is 0.333 e. The second-order valence-electron chi connectivity index (χ2n) is 12.7. The van der Waals surface area contributed by atoms with E-state index in [0.29, 0.717) is 12.0 Å². The molecule has 6 rings (SSSR count). The van der Waals surface area contributed by atoms with Crippen molar-refractivity contribution in [3.63, 3.8) is 0 Å². The Morgan fingerprint density at radius 1 is 1.12 bits per heavy atom. The molecule has 2 N–H and O–H groups in total. The highest BCUT2D eigenvalue weighted by Gasteiger charge is 2.80. The van der Waals surface area contributed by atoms with E-state index in [1.165, 1.54) is 0 Å². The molecule has 0 radical (unpaired) electrons. The number of carbonyl (C=O) groups excluding carboxylic acids is 2. The number of ketones is 1. The van der Waals surface area contributed by atoms with E-state index in [9.17, 15) is 19.8 Å². The fourth-order valence-corrected chi connectivity index (χ4v) is 9.61. The van der Waals surface area contributed by atoms with Gasteiger partial charge in [-0.05, 0) is 93.6 Å². The van der Waals surface area contributed by atoms with E-state index in [-0.39, 0.29) is 59.0 Å². The minimum Gasteiger partial charge on any atom is -0.458 e. The van der Waals surface area contributed by atoms with Gasteiger partial charge >= 0.3 is 5.97 Å². The molecule has 6 aliphatic rings. The van der Waals surface area contributed by atoms with Gasteiger partial charge in [0.2, 0.25) is 0 Å². The molecule has 6 heteroatoms. The Morgan fingerprint density at radius 2 is 1.85 bits per heavy atom. The Balaban J connectivity index is 1.31. The maximum Gasteiger partial charge on any atom is 0.333 e. The first-order chi connectivity index (χ1) is 16.0. The first kappa shape index (κ1) is 22.9. The first-order valence-electron chi connectivity index (χ1n) is 13.1. The largest absolute Gasteiger partial charge is 0.458 e. The molecule has 1 saturated heterocycles. The number of hydrogen-bond acceptors (Lipinski definition) is 6. The normalized spacial score (nSPS) is 54.6. The number of epoxide rings is 1. The monoisotopic (exact) mass is 470 g/mol. The van der Waals surface area contributed by atoms with Crippen molar-refractivity contribution < 1.29 is 29.3 Å². The maximum atomic E-state index is 13.3. The summed E-state index contributed by atoms with van der Waals surface area (Å²) in [6.07, 6.45) is 5.74. The van der Waals surface area contributed by atoms with Crippen LogP contribution >= 0.6 is 0 Å². The van der Waals surface area contributed by atoms with Crippen LogP contribution in [0.4, 0.5) is 0 Å². The van der Waals surface area contributed by atoms with Gasteiger partial charge in [0.15, 0.2) is 5.78 Å². The van der Waals surface area contributed by atoms with Crippen LogP contribution in [-0.2, 0) is 19.1 Å². The number of fused-ring (bicyclic) bond motifs is 4. The summed E-state index contributed by atoms with van der Waals surface area (Å²) in [5.41, 5.74) is 0.208. The lowest BCUT2D eigenvalue weighted by atomic mass is 9.44. The molecule has 4 fully saturated rings. The van der Waals surface area contributed by atoms with E-state index in [1.807, 2.05) is 20.8 Å². The Bertz CT molecular complexity index is 1010. The number of carbonyl (C=O) groups is 2. The fraction of sp³-hybridized carbons (Fsp3) is 0.786. The molecule has 186 valence electrons. The van der Waals surface area contributed by atoms with Gasteiger partial charge in [-0.2, -0.15) is 0 Å². The minimum absolute atomic E-state index is 0.0367. The van der Waals surface area contributed by atoms with Crippen LogP contribution in [0, 0.1) is 40.4 Å². The summed E-state index contributed by atoms with van der Waals surface area (Å²) in [6, 6.07) is 0. The summed E-state index contributed by atoms with van der Waals surface area (Å²) in [5.74, 6) is 0.618. The molecule has 2 aliphatic heterocycles.